The van der Waals surface area contributed by atoms with Crippen LogP contribution in [0.5, 0.6) is 0 Å². The molecule has 1 aromatic rings. The Morgan fingerprint density at radius 1 is 1.21 bits per heavy atom. The van der Waals surface area contributed by atoms with Gasteiger partial charge in [-0.05, 0) is 42.6 Å². The molecule has 0 saturated heterocycles. The molecule has 0 spiro atoms. The lowest BCUT2D eigenvalue weighted by molar-refractivity contribution is -0.120. The van der Waals surface area contributed by atoms with Crippen LogP contribution in [0.3, 0.4) is 0 Å². The Kier molecular flexibility index (Phi) is 9.74. The number of rotatable bonds is 10. The zero-order chi connectivity index (χ0) is 22.1. The molecule has 0 aliphatic rings. The summed E-state index contributed by atoms with van der Waals surface area (Å²) >= 11 is 0. The molecule has 3 heteroatoms. The molecule has 0 aromatic heterocycles. The molecule has 0 fully saturated rings. The zero-order valence-corrected chi connectivity index (χ0v) is 20.2. The second-order valence-electron chi connectivity index (χ2n) is 9.07. The number of ketones is 1. The lowest BCUT2D eigenvalue weighted by atomic mass is 9.94. The van der Waals surface area contributed by atoms with Crippen molar-refractivity contribution in [1.82, 2.24) is 0 Å². The van der Waals surface area contributed by atoms with Gasteiger partial charge < -0.3 is 4.43 Å². The number of carbonyl (C=O) groups excluding carboxylic acids is 1. The molecule has 0 aliphatic carbocycles. The summed E-state index contributed by atoms with van der Waals surface area (Å²) in [6.07, 6.45) is 12.3. The Morgan fingerprint density at radius 2 is 1.83 bits per heavy atom. The Hall–Kier alpha value is -1.97. The molecule has 0 heterocycles. The van der Waals surface area contributed by atoms with Crippen molar-refractivity contribution in [2.75, 3.05) is 0 Å². The van der Waals surface area contributed by atoms with E-state index in [0.717, 1.165) is 17.6 Å². The molecule has 0 amide bonds. The van der Waals surface area contributed by atoms with Crippen LogP contribution in [0, 0.1) is 5.92 Å². The van der Waals surface area contributed by atoms with Crippen LogP contribution in [0.15, 0.2) is 72.9 Å². The Bertz CT molecular complexity index is 749. The van der Waals surface area contributed by atoms with Crippen LogP contribution in [0.25, 0.3) is 6.08 Å². The Balaban J connectivity index is 2.99. The number of carbonyl (C=O) groups is 1. The largest absolute Gasteiger partial charge is 0.410 e. The molecular weight excluding hydrogens is 372 g/mol. The standard InChI is InChI=1S/C26H38O2Si/c1-9-10-12-20-24(28-29(7,8)26(4,5)6)22(3)25(27)21(2)16-15-19-23-17-13-11-14-18-23/h9,11-20,22,24H,1,10H2,2-8H3/b19-15+,20-12+,21-16+/t22-,24+/m0/s1. The number of allylic oxidation sites excluding steroid dienone is 5. The van der Waals surface area contributed by atoms with E-state index >= 15 is 0 Å². The quantitative estimate of drug-likeness (QED) is 0.174. The van der Waals surface area contributed by atoms with Crippen molar-refractivity contribution >= 4 is 20.2 Å². The average molecular weight is 411 g/mol. The van der Waals surface area contributed by atoms with Gasteiger partial charge in [-0.3, -0.25) is 4.79 Å². The monoisotopic (exact) mass is 410 g/mol. The van der Waals surface area contributed by atoms with E-state index in [1.807, 2.05) is 80.6 Å². The van der Waals surface area contributed by atoms with Crippen LogP contribution < -0.4 is 0 Å². The van der Waals surface area contributed by atoms with Crippen LogP contribution in [-0.4, -0.2) is 20.2 Å². The van der Waals surface area contributed by atoms with Gasteiger partial charge in [0.2, 0.25) is 0 Å². The van der Waals surface area contributed by atoms with Crippen molar-refractivity contribution in [3.63, 3.8) is 0 Å². The van der Waals surface area contributed by atoms with Crippen LogP contribution in [0.4, 0.5) is 0 Å². The maximum atomic E-state index is 13.1. The maximum Gasteiger partial charge on any atom is 0.192 e. The molecule has 0 saturated carbocycles. The van der Waals surface area contributed by atoms with Crippen molar-refractivity contribution in [2.45, 2.75) is 65.3 Å². The third kappa shape index (κ3) is 8.12. The first kappa shape index (κ1) is 25.1. The predicted octanol–water partition coefficient (Wildman–Crippen LogP) is 7.37. The summed E-state index contributed by atoms with van der Waals surface area (Å²) in [5.41, 5.74) is 1.86. The van der Waals surface area contributed by atoms with Gasteiger partial charge >= 0.3 is 0 Å². The van der Waals surface area contributed by atoms with Gasteiger partial charge in [0.15, 0.2) is 14.1 Å². The number of hydrogen-bond donors (Lipinski definition) is 0. The van der Waals surface area contributed by atoms with Crippen LogP contribution in [0.2, 0.25) is 18.1 Å². The van der Waals surface area contributed by atoms with Crippen molar-refractivity contribution in [3.05, 3.63) is 78.4 Å². The summed E-state index contributed by atoms with van der Waals surface area (Å²) < 4.78 is 6.61. The van der Waals surface area contributed by atoms with E-state index in [4.69, 9.17) is 4.43 Å². The Labute approximate surface area is 179 Å². The van der Waals surface area contributed by atoms with Gasteiger partial charge in [-0.25, -0.2) is 0 Å². The minimum absolute atomic E-state index is 0.0869. The van der Waals surface area contributed by atoms with Gasteiger partial charge in [-0.2, -0.15) is 0 Å². The lowest BCUT2D eigenvalue weighted by Crippen LogP contribution is -2.46. The molecule has 0 bridgehead atoms. The van der Waals surface area contributed by atoms with Crippen LogP contribution in [-0.2, 0) is 9.22 Å². The van der Waals surface area contributed by atoms with Gasteiger partial charge in [-0.1, -0.05) is 94.5 Å². The van der Waals surface area contributed by atoms with E-state index in [9.17, 15) is 4.79 Å². The van der Waals surface area contributed by atoms with Gasteiger partial charge in [0, 0.05) is 5.92 Å². The minimum Gasteiger partial charge on any atom is -0.410 e. The molecular formula is C26H38O2Si. The van der Waals surface area contributed by atoms with Crippen LogP contribution >= 0.6 is 0 Å². The Morgan fingerprint density at radius 3 is 2.38 bits per heavy atom. The third-order valence-electron chi connectivity index (χ3n) is 5.59. The number of benzene rings is 1. The molecule has 2 atom stereocenters. The highest BCUT2D eigenvalue weighted by atomic mass is 28.4. The summed E-state index contributed by atoms with van der Waals surface area (Å²) in [5.74, 6) is -0.124. The van der Waals surface area contributed by atoms with Crippen LogP contribution in [0.1, 0.15) is 46.6 Å². The van der Waals surface area contributed by atoms with Crippen molar-refractivity contribution < 1.29 is 9.22 Å². The highest BCUT2D eigenvalue weighted by Crippen LogP contribution is 2.38. The summed E-state index contributed by atoms with van der Waals surface area (Å²) in [4.78, 5) is 13.1. The topological polar surface area (TPSA) is 26.3 Å². The highest BCUT2D eigenvalue weighted by Gasteiger charge is 2.40. The number of hydrogen-bond acceptors (Lipinski definition) is 2. The molecule has 0 aliphatic heterocycles. The molecule has 29 heavy (non-hydrogen) atoms. The van der Waals surface area contributed by atoms with Gasteiger partial charge in [-0.15, -0.1) is 6.58 Å². The normalized spacial score (nSPS) is 15.6. The average Bonchev–Trinajstić information content (AvgIpc) is 2.66. The summed E-state index contributed by atoms with van der Waals surface area (Å²) in [5, 5.41) is 0.0869. The fraction of sp³-hybridized carbons (Fsp3) is 0.423. The molecule has 1 aromatic carbocycles. The summed E-state index contributed by atoms with van der Waals surface area (Å²) in [7, 11) is -2.00. The first-order valence-corrected chi connectivity index (χ1v) is 13.3. The molecule has 158 valence electrons. The molecule has 0 N–H and O–H groups in total. The fourth-order valence-electron chi connectivity index (χ4n) is 2.59. The van der Waals surface area contributed by atoms with Crippen molar-refractivity contribution in [1.29, 1.82) is 0 Å². The van der Waals surface area contributed by atoms with Crippen molar-refractivity contribution in [2.24, 2.45) is 5.92 Å². The van der Waals surface area contributed by atoms with E-state index in [1.54, 1.807) is 0 Å². The first-order valence-electron chi connectivity index (χ1n) is 10.4. The highest BCUT2D eigenvalue weighted by molar-refractivity contribution is 6.74. The van der Waals surface area contributed by atoms with Gasteiger partial charge in [0.05, 0.1) is 6.10 Å². The molecule has 2 nitrogen and oxygen atoms in total. The van der Waals surface area contributed by atoms with Crippen molar-refractivity contribution in [3.8, 4) is 0 Å². The zero-order valence-electron chi connectivity index (χ0n) is 19.2. The second-order valence-corrected chi connectivity index (χ2v) is 13.8. The summed E-state index contributed by atoms with van der Waals surface area (Å²) in [6.45, 7) is 18.7. The maximum absolute atomic E-state index is 13.1. The van der Waals surface area contributed by atoms with E-state index in [1.165, 1.54) is 0 Å². The second kappa shape index (κ2) is 11.3. The van der Waals surface area contributed by atoms with E-state index in [0.29, 0.717) is 0 Å². The van der Waals surface area contributed by atoms with Gasteiger partial charge in [0.25, 0.3) is 0 Å². The minimum atomic E-state index is -2.00. The predicted molar refractivity (Wildman–Crippen MR) is 129 cm³/mol. The van der Waals surface area contributed by atoms with Gasteiger partial charge in [0.1, 0.15) is 0 Å². The number of Topliss-reactive ketones (excluding diaryl/α,β-unsaturated/α-hetero) is 1. The SMILES string of the molecule is C=CC/C=C/[C@@H](O[Si](C)(C)C(C)(C)C)[C@H](C)C(=O)/C(C)=C/C=C/c1ccccc1. The van der Waals surface area contributed by atoms with E-state index < -0.39 is 8.32 Å². The fourth-order valence-corrected chi connectivity index (χ4v) is 3.91. The molecule has 1 rings (SSSR count). The molecule has 0 unspecified atom stereocenters. The smallest absolute Gasteiger partial charge is 0.192 e. The molecule has 0 radical (unpaired) electrons. The third-order valence-corrected chi connectivity index (χ3v) is 10.1. The first-order chi connectivity index (χ1) is 13.5. The summed E-state index contributed by atoms with van der Waals surface area (Å²) in [6, 6.07) is 10.1. The van der Waals surface area contributed by atoms with E-state index in [-0.39, 0.29) is 22.8 Å². The van der Waals surface area contributed by atoms with E-state index in [2.05, 4.69) is 40.4 Å². The lowest BCUT2D eigenvalue weighted by Gasteiger charge is -2.40.